The first-order chi connectivity index (χ1) is 17.4. The van der Waals surface area contributed by atoms with E-state index >= 15 is 0 Å². The molecule has 36 heavy (non-hydrogen) atoms. The number of carboxylic acid groups (broad SMARTS) is 1. The first kappa shape index (κ1) is 26.3. The molecule has 3 N–H and O–H groups in total. The summed E-state index contributed by atoms with van der Waals surface area (Å²) < 4.78 is 33.4. The number of benzene rings is 2. The summed E-state index contributed by atoms with van der Waals surface area (Å²) in [6, 6.07) is 11.2. The third-order valence-corrected chi connectivity index (χ3v) is 7.89. The highest BCUT2D eigenvalue weighted by molar-refractivity contribution is 7.99. The molecule has 1 fully saturated rings. The maximum absolute atomic E-state index is 14.8. The van der Waals surface area contributed by atoms with Crippen molar-refractivity contribution < 1.29 is 23.4 Å². The van der Waals surface area contributed by atoms with Crippen LogP contribution in [-0.4, -0.2) is 53.5 Å². The molecule has 2 unspecified atom stereocenters. The number of likely N-dealkylation sites (tertiary alicyclic amines) is 1. The van der Waals surface area contributed by atoms with Gasteiger partial charge in [0, 0.05) is 40.7 Å². The Morgan fingerprint density at radius 2 is 2.14 bits per heavy atom. The number of thioether (sulfide) groups is 1. The van der Waals surface area contributed by atoms with E-state index in [0.717, 1.165) is 30.2 Å². The number of ether oxygens (including phenoxy) is 1. The summed E-state index contributed by atoms with van der Waals surface area (Å²) in [5.74, 6) is -0.745. The zero-order chi connectivity index (χ0) is 25.7. The Hall–Kier alpha value is -2.75. The van der Waals surface area contributed by atoms with Crippen LogP contribution in [0, 0.1) is 23.5 Å². The SMILES string of the molecule is COc1ccc2ncc(F)c([C@H](N)CCC3CCN(CCSc4cccc(F)c4)CC3C(=O)O)c2c1. The molecule has 2 aromatic carbocycles. The maximum atomic E-state index is 14.8. The number of aliphatic carboxylic acids is 1. The number of aromatic nitrogens is 1. The number of piperidine rings is 1. The summed E-state index contributed by atoms with van der Waals surface area (Å²) in [4.78, 5) is 19.2. The van der Waals surface area contributed by atoms with Crippen LogP contribution in [0.2, 0.25) is 0 Å². The van der Waals surface area contributed by atoms with E-state index in [1.54, 1.807) is 43.1 Å². The van der Waals surface area contributed by atoms with Crippen LogP contribution in [0.3, 0.4) is 0 Å². The molecule has 1 aliphatic heterocycles. The van der Waals surface area contributed by atoms with E-state index in [1.165, 1.54) is 18.3 Å². The lowest BCUT2D eigenvalue weighted by atomic mass is 9.81. The minimum Gasteiger partial charge on any atom is -0.497 e. The van der Waals surface area contributed by atoms with Gasteiger partial charge in [0.15, 0.2) is 0 Å². The van der Waals surface area contributed by atoms with Crippen molar-refractivity contribution in [2.24, 2.45) is 17.6 Å². The van der Waals surface area contributed by atoms with Crippen LogP contribution < -0.4 is 10.5 Å². The molecule has 6 nitrogen and oxygen atoms in total. The number of fused-ring (bicyclic) bond motifs is 1. The number of pyridine rings is 1. The zero-order valence-electron chi connectivity index (χ0n) is 20.2. The van der Waals surface area contributed by atoms with E-state index in [0.29, 0.717) is 41.6 Å². The van der Waals surface area contributed by atoms with Crippen LogP contribution >= 0.6 is 11.8 Å². The highest BCUT2D eigenvalue weighted by atomic mass is 32.2. The van der Waals surface area contributed by atoms with Gasteiger partial charge in [-0.3, -0.25) is 9.78 Å². The number of hydrogen-bond acceptors (Lipinski definition) is 6. The molecule has 1 aliphatic rings. The summed E-state index contributed by atoms with van der Waals surface area (Å²) in [6.07, 6.45) is 2.99. The van der Waals surface area contributed by atoms with Gasteiger partial charge in [0.05, 0.1) is 24.7 Å². The van der Waals surface area contributed by atoms with Crippen LogP contribution in [0.25, 0.3) is 10.9 Å². The molecule has 3 atom stereocenters. The fraction of sp³-hybridized carbons (Fsp3) is 0.407. The van der Waals surface area contributed by atoms with Crippen molar-refractivity contribution in [2.75, 3.05) is 32.5 Å². The van der Waals surface area contributed by atoms with Gasteiger partial charge in [-0.05, 0) is 68.1 Å². The Morgan fingerprint density at radius 1 is 1.31 bits per heavy atom. The third kappa shape index (κ3) is 6.32. The zero-order valence-corrected chi connectivity index (χ0v) is 21.0. The van der Waals surface area contributed by atoms with E-state index in [4.69, 9.17) is 10.5 Å². The molecule has 192 valence electrons. The van der Waals surface area contributed by atoms with Gasteiger partial charge < -0.3 is 20.5 Å². The van der Waals surface area contributed by atoms with Gasteiger partial charge in [0.1, 0.15) is 17.4 Å². The lowest BCUT2D eigenvalue weighted by Crippen LogP contribution is -2.44. The average molecular weight is 516 g/mol. The van der Waals surface area contributed by atoms with E-state index in [-0.39, 0.29) is 11.7 Å². The number of nitrogens with two attached hydrogens (primary N) is 1. The quantitative estimate of drug-likeness (QED) is 0.363. The smallest absolute Gasteiger partial charge is 0.308 e. The van der Waals surface area contributed by atoms with Crippen molar-refractivity contribution in [1.82, 2.24) is 9.88 Å². The second-order valence-corrected chi connectivity index (χ2v) is 10.4. The molecule has 3 aromatic rings. The van der Waals surface area contributed by atoms with Crippen LogP contribution in [0.4, 0.5) is 8.78 Å². The predicted molar refractivity (Wildman–Crippen MR) is 137 cm³/mol. The molecule has 0 spiro atoms. The van der Waals surface area contributed by atoms with E-state index in [2.05, 4.69) is 9.88 Å². The summed E-state index contributed by atoms with van der Waals surface area (Å²) in [6.45, 7) is 1.98. The van der Waals surface area contributed by atoms with Crippen LogP contribution in [-0.2, 0) is 4.79 Å². The van der Waals surface area contributed by atoms with Gasteiger partial charge in [0.25, 0.3) is 0 Å². The lowest BCUT2D eigenvalue weighted by molar-refractivity contribution is -0.146. The van der Waals surface area contributed by atoms with Gasteiger partial charge in [-0.15, -0.1) is 11.8 Å². The topological polar surface area (TPSA) is 88.7 Å². The van der Waals surface area contributed by atoms with Crippen molar-refractivity contribution in [3.05, 3.63) is 65.9 Å². The minimum atomic E-state index is -0.818. The van der Waals surface area contributed by atoms with E-state index in [9.17, 15) is 18.7 Å². The van der Waals surface area contributed by atoms with Crippen molar-refractivity contribution in [3.63, 3.8) is 0 Å². The van der Waals surface area contributed by atoms with Gasteiger partial charge in [-0.25, -0.2) is 8.78 Å². The number of nitrogens with zero attached hydrogens (tertiary/aromatic N) is 2. The molecule has 0 aliphatic carbocycles. The number of rotatable bonds is 10. The van der Waals surface area contributed by atoms with Crippen molar-refractivity contribution in [1.29, 1.82) is 0 Å². The largest absolute Gasteiger partial charge is 0.497 e. The lowest BCUT2D eigenvalue weighted by Gasteiger charge is -2.37. The number of halogens is 2. The first-order valence-corrected chi connectivity index (χ1v) is 13.1. The van der Waals surface area contributed by atoms with Gasteiger partial charge >= 0.3 is 5.97 Å². The molecular weight excluding hydrogens is 484 g/mol. The minimum absolute atomic E-state index is 0.0358. The second-order valence-electron chi connectivity index (χ2n) is 9.19. The average Bonchev–Trinajstić information content (AvgIpc) is 2.87. The Bertz CT molecular complexity index is 1210. The third-order valence-electron chi connectivity index (χ3n) is 6.92. The Kier molecular flexibility index (Phi) is 8.77. The predicted octanol–water partition coefficient (Wildman–Crippen LogP) is 5.12. The molecule has 0 saturated carbocycles. The van der Waals surface area contributed by atoms with Gasteiger partial charge in [0.2, 0.25) is 0 Å². The fourth-order valence-electron chi connectivity index (χ4n) is 4.96. The molecule has 2 heterocycles. The van der Waals surface area contributed by atoms with Gasteiger partial charge in [-0.1, -0.05) is 6.07 Å². The summed E-state index contributed by atoms with van der Waals surface area (Å²) in [7, 11) is 1.55. The maximum Gasteiger partial charge on any atom is 0.308 e. The summed E-state index contributed by atoms with van der Waals surface area (Å²) >= 11 is 1.56. The standard InChI is InChI=1S/C27H31F2N3O3S/c1-35-19-6-8-25-21(14-19)26(23(29)15-31-25)24(30)7-5-17-9-10-32(16-22(17)27(33)34)11-12-36-20-4-2-3-18(28)13-20/h2-4,6,8,13-15,17,22,24H,5,7,9-12,16,30H2,1H3,(H,33,34)/t17?,22?,24-/m1/s1. The first-order valence-electron chi connectivity index (χ1n) is 12.1. The van der Waals surface area contributed by atoms with Crippen LogP contribution in [0.1, 0.15) is 30.9 Å². The number of methoxy groups -OCH3 is 1. The number of hydrogen-bond donors (Lipinski definition) is 2. The number of carboxylic acids is 1. The molecule has 0 radical (unpaired) electrons. The van der Waals surface area contributed by atoms with Crippen molar-refractivity contribution in [2.45, 2.75) is 30.2 Å². The van der Waals surface area contributed by atoms with E-state index < -0.39 is 23.7 Å². The molecule has 1 aromatic heterocycles. The van der Waals surface area contributed by atoms with E-state index in [1.807, 2.05) is 6.07 Å². The van der Waals surface area contributed by atoms with Crippen LogP contribution in [0.15, 0.2) is 53.6 Å². The normalized spacial score (nSPS) is 19.3. The summed E-state index contributed by atoms with van der Waals surface area (Å²) in [5.41, 5.74) is 7.48. The summed E-state index contributed by atoms with van der Waals surface area (Å²) in [5, 5.41) is 10.5. The monoisotopic (exact) mass is 515 g/mol. The highest BCUT2D eigenvalue weighted by Gasteiger charge is 2.34. The molecule has 1 saturated heterocycles. The Labute approximate surface area is 213 Å². The fourth-order valence-corrected chi connectivity index (χ4v) is 5.91. The second kappa shape index (κ2) is 12.0. The highest BCUT2D eigenvalue weighted by Crippen LogP contribution is 2.34. The van der Waals surface area contributed by atoms with Crippen molar-refractivity contribution in [3.8, 4) is 5.75 Å². The molecule has 0 amide bonds. The Balaban J connectivity index is 1.36. The molecular formula is C27H31F2N3O3S. The Morgan fingerprint density at radius 3 is 2.89 bits per heavy atom. The molecule has 4 rings (SSSR count). The number of carbonyl (C=O) groups is 1. The molecule has 0 bridgehead atoms. The molecule has 9 heteroatoms. The van der Waals surface area contributed by atoms with Crippen LogP contribution in [0.5, 0.6) is 5.75 Å². The van der Waals surface area contributed by atoms with Crippen molar-refractivity contribution >= 4 is 28.6 Å². The van der Waals surface area contributed by atoms with Gasteiger partial charge in [-0.2, -0.15) is 0 Å².